The number of hydrogen-bond acceptors (Lipinski definition) is 3. The molecule has 3 nitrogen and oxygen atoms in total. The van der Waals surface area contributed by atoms with E-state index in [9.17, 15) is 0 Å². The molecule has 0 radical (unpaired) electrons. The van der Waals surface area contributed by atoms with E-state index >= 15 is 8.78 Å². The lowest BCUT2D eigenvalue weighted by molar-refractivity contribution is 0.222. The van der Waals surface area contributed by atoms with Crippen molar-refractivity contribution in [3.8, 4) is 0 Å². The van der Waals surface area contributed by atoms with Crippen molar-refractivity contribution in [3.05, 3.63) is 70.0 Å². The SMILES string of the molecule is C.CC=Nc1cc(C2CCN(CC)CC2)cc(F)c1/C=C(C)/C1=C/CC2C=C(C)N=C(CC2)/C(F)=C\1. The average Bonchev–Trinajstić information content (AvgIpc) is 3.00. The van der Waals surface area contributed by atoms with E-state index in [1.54, 1.807) is 18.4 Å². The maximum atomic E-state index is 15.5. The van der Waals surface area contributed by atoms with Crippen molar-refractivity contribution in [1.29, 1.82) is 0 Å². The van der Waals surface area contributed by atoms with Gasteiger partial charge in [0.05, 0.1) is 11.4 Å². The summed E-state index contributed by atoms with van der Waals surface area (Å²) in [4.78, 5) is 11.4. The van der Waals surface area contributed by atoms with E-state index in [1.807, 2.05) is 32.9 Å². The highest BCUT2D eigenvalue weighted by Crippen LogP contribution is 2.36. The number of nitrogens with zero attached hydrogens (tertiary/aromatic N) is 3. The molecule has 1 aromatic carbocycles. The number of allylic oxidation sites excluding steroid dienone is 7. The molecule has 36 heavy (non-hydrogen) atoms. The van der Waals surface area contributed by atoms with Crippen LogP contribution in [0.2, 0.25) is 0 Å². The number of benzene rings is 1. The molecule has 1 atom stereocenters. The summed E-state index contributed by atoms with van der Waals surface area (Å²) < 4.78 is 30.6. The minimum Gasteiger partial charge on any atom is -0.304 e. The van der Waals surface area contributed by atoms with Gasteiger partial charge in [0, 0.05) is 17.5 Å². The van der Waals surface area contributed by atoms with Gasteiger partial charge < -0.3 is 4.90 Å². The third kappa shape index (κ3) is 6.56. The fraction of sp³-hybridized carbons (Fsp3) is 0.484. The molecule has 0 N–H and O–H groups in total. The number of aliphatic imine (C=N–C) groups is 2. The van der Waals surface area contributed by atoms with Crippen molar-refractivity contribution in [2.75, 3.05) is 19.6 Å². The van der Waals surface area contributed by atoms with E-state index in [0.29, 0.717) is 35.2 Å². The van der Waals surface area contributed by atoms with Gasteiger partial charge in [0.1, 0.15) is 11.6 Å². The standard InChI is InChI=1S/C30H37F2N3.CH4/c1-5-33-30-19-25(23-11-13-35(6-2)14-12-23)18-27(31)26(30)15-20(3)24-9-7-22-8-10-29(28(32)17-24)34-21(4)16-22;/h5,9,15-19,22-23H,6-8,10-14H2,1-4H3;1H4/b20-15+,24-9+,28-17+,33-5?;. The molecule has 1 unspecified atom stereocenters. The van der Waals surface area contributed by atoms with Crippen LogP contribution in [0.1, 0.15) is 84.3 Å². The van der Waals surface area contributed by atoms with Crippen LogP contribution in [0.4, 0.5) is 14.5 Å². The highest BCUT2D eigenvalue weighted by molar-refractivity contribution is 5.99. The zero-order valence-electron chi connectivity index (χ0n) is 21.5. The average molecular weight is 494 g/mol. The fourth-order valence-electron chi connectivity index (χ4n) is 5.37. The maximum Gasteiger partial charge on any atom is 0.145 e. The molecule has 1 saturated heterocycles. The molecule has 0 amide bonds. The molecule has 2 bridgehead atoms. The van der Waals surface area contributed by atoms with E-state index in [4.69, 9.17) is 0 Å². The lowest BCUT2D eigenvalue weighted by Gasteiger charge is -2.31. The molecule has 194 valence electrons. The van der Waals surface area contributed by atoms with Crippen molar-refractivity contribution < 1.29 is 8.78 Å². The summed E-state index contributed by atoms with van der Waals surface area (Å²) in [6.45, 7) is 11.0. The van der Waals surface area contributed by atoms with Gasteiger partial charge in [-0.3, -0.25) is 9.98 Å². The van der Waals surface area contributed by atoms with E-state index in [2.05, 4.69) is 34.0 Å². The summed E-state index contributed by atoms with van der Waals surface area (Å²) in [5.41, 5.74) is 5.08. The Balaban J connectivity index is 0.00000361. The second-order valence-electron chi connectivity index (χ2n) is 9.91. The monoisotopic (exact) mass is 493 g/mol. The Kier molecular flexibility index (Phi) is 9.72. The number of likely N-dealkylation sites (tertiary alicyclic amines) is 1. The molecule has 1 aromatic rings. The second-order valence-corrected chi connectivity index (χ2v) is 9.91. The van der Waals surface area contributed by atoms with Gasteiger partial charge in [-0.1, -0.05) is 26.5 Å². The summed E-state index contributed by atoms with van der Waals surface area (Å²) in [5, 5.41) is 0. The summed E-state index contributed by atoms with van der Waals surface area (Å²) in [7, 11) is 0. The quantitative estimate of drug-likeness (QED) is 0.377. The maximum absolute atomic E-state index is 15.5. The van der Waals surface area contributed by atoms with Crippen molar-refractivity contribution in [2.24, 2.45) is 15.9 Å². The Morgan fingerprint density at radius 2 is 1.94 bits per heavy atom. The van der Waals surface area contributed by atoms with Gasteiger partial charge in [-0.25, -0.2) is 8.78 Å². The van der Waals surface area contributed by atoms with Gasteiger partial charge in [-0.05, 0) is 125 Å². The molecule has 1 aliphatic carbocycles. The van der Waals surface area contributed by atoms with Crippen molar-refractivity contribution in [2.45, 2.75) is 73.1 Å². The number of rotatable bonds is 5. The molecule has 0 spiro atoms. The topological polar surface area (TPSA) is 28.0 Å². The van der Waals surface area contributed by atoms with Crippen LogP contribution in [0.3, 0.4) is 0 Å². The molecule has 0 saturated carbocycles. The molecule has 2 heterocycles. The summed E-state index contributed by atoms with van der Waals surface area (Å²) >= 11 is 0. The third-order valence-electron chi connectivity index (χ3n) is 7.46. The largest absolute Gasteiger partial charge is 0.304 e. The molecular formula is C31H41F2N3. The highest BCUT2D eigenvalue weighted by atomic mass is 19.1. The number of piperidine rings is 1. The lowest BCUT2D eigenvalue weighted by atomic mass is 9.88. The summed E-state index contributed by atoms with van der Waals surface area (Å²) in [6.07, 6.45) is 13.7. The van der Waals surface area contributed by atoms with E-state index < -0.39 is 0 Å². The molecule has 5 heteroatoms. The van der Waals surface area contributed by atoms with Crippen LogP contribution in [0.25, 0.3) is 6.08 Å². The normalized spacial score (nSPS) is 24.9. The zero-order valence-corrected chi connectivity index (χ0v) is 21.5. The van der Waals surface area contributed by atoms with Crippen LogP contribution in [-0.4, -0.2) is 36.5 Å². The van der Waals surface area contributed by atoms with Crippen molar-refractivity contribution in [1.82, 2.24) is 4.90 Å². The molecule has 4 rings (SSSR count). The predicted octanol–water partition coefficient (Wildman–Crippen LogP) is 8.72. The first-order valence-corrected chi connectivity index (χ1v) is 12.9. The Morgan fingerprint density at radius 1 is 1.19 bits per heavy atom. The van der Waals surface area contributed by atoms with Crippen molar-refractivity contribution in [3.63, 3.8) is 0 Å². The van der Waals surface area contributed by atoms with E-state index in [0.717, 1.165) is 67.7 Å². The first-order valence-electron chi connectivity index (χ1n) is 12.9. The van der Waals surface area contributed by atoms with Crippen LogP contribution in [0.5, 0.6) is 0 Å². The third-order valence-corrected chi connectivity index (χ3v) is 7.46. The molecule has 3 aliphatic rings. The van der Waals surface area contributed by atoms with Gasteiger partial charge in [-0.15, -0.1) is 0 Å². The Morgan fingerprint density at radius 3 is 2.64 bits per heavy atom. The van der Waals surface area contributed by atoms with E-state index in [1.165, 1.54) is 0 Å². The Labute approximate surface area is 216 Å². The molecule has 0 aromatic heterocycles. The Bertz CT molecular complexity index is 1130. The molecule has 1 fully saturated rings. The van der Waals surface area contributed by atoms with Crippen LogP contribution < -0.4 is 0 Å². The van der Waals surface area contributed by atoms with E-state index in [-0.39, 0.29) is 19.1 Å². The first kappa shape index (κ1) is 27.9. The van der Waals surface area contributed by atoms with Crippen LogP contribution in [-0.2, 0) is 0 Å². The zero-order chi connectivity index (χ0) is 24.9. The molecular weight excluding hydrogens is 452 g/mol. The number of halogens is 2. The van der Waals surface area contributed by atoms with Crippen molar-refractivity contribution >= 4 is 23.7 Å². The van der Waals surface area contributed by atoms with Gasteiger partial charge in [0.15, 0.2) is 0 Å². The van der Waals surface area contributed by atoms with Gasteiger partial charge in [0.25, 0.3) is 0 Å². The number of hydrogen-bond donors (Lipinski definition) is 0. The van der Waals surface area contributed by atoms with Crippen LogP contribution >= 0.6 is 0 Å². The number of fused-ring (bicyclic) bond motifs is 3. The predicted molar refractivity (Wildman–Crippen MR) is 151 cm³/mol. The minimum atomic E-state index is -0.305. The Hall–Kier alpha value is -2.66. The summed E-state index contributed by atoms with van der Waals surface area (Å²) in [6, 6.07) is 3.72. The van der Waals surface area contributed by atoms with Crippen LogP contribution in [0.15, 0.2) is 63.0 Å². The van der Waals surface area contributed by atoms with Crippen LogP contribution in [0, 0.1) is 11.7 Å². The van der Waals surface area contributed by atoms with Gasteiger partial charge >= 0.3 is 0 Å². The van der Waals surface area contributed by atoms with Gasteiger partial charge in [0.2, 0.25) is 0 Å². The highest BCUT2D eigenvalue weighted by Gasteiger charge is 2.22. The minimum absolute atomic E-state index is 0. The lowest BCUT2D eigenvalue weighted by Crippen LogP contribution is -2.32. The van der Waals surface area contributed by atoms with Gasteiger partial charge in [-0.2, -0.15) is 0 Å². The first-order chi connectivity index (χ1) is 16.9. The molecule has 2 aliphatic heterocycles. The smallest absolute Gasteiger partial charge is 0.145 e. The summed E-state index contributed by atoms with van der Waals surface area (Å²) in [5.74, 6) is 0.102. The fourth-order valence-corrected chi connectivity index (χ4v) is 5.37. The second kappa shape index (κ2) is 12.5.